The molecule has 5 nitrogen and oxygen atoms in total. The monoisotopic (exact) mass is 315 g/mol. The van der Waals surface area contributed by atoms with E-state index < -0.39 is 10.2 Å². The summed E-state index contributed by atoms with van der Waals surface area (Å²) in [5, 5.41) is 2.24. The Morgan fingerprint density at radius 2 is 1.73 bits per heavy atom. The van der Waals surface area contributed by atoms with Crippen molar-refractivity contribution < 1.29 is 8.42 Å². The second-order valence-electron chi connectivity index (χ2n) is 5.32. The predicted octanol–water partition coefficient (Wildman–Crippen LogP) is 2.67. The van der Waals surface area contributed by atoms with Crippen molar-refractivity contribution >= 4 is 21.0 Å². The molecule has 1 aromatic heterocycles. The van der Waals surface area contributed by atoms with Crippen molar-refractivity contribution in [2.75, 3.05) is 14.1 Å². The Bertz CT molecular complexity index is 943. The molecule has 0 amide bonds. The molecular weight excluding hydrogens is 298 g/mol. The molecule has 0 unspecified atom stereocenters. The molecular formula is C16H17N3O2S. The fraction of sp³-hybridized carbons (Fsp3) is 0.188. The lowest BCUT2D eigenvalue weighted by molar-refractivity contribution is 0.509. The van der Waals surface area contributed by atoms with E-state index in [4.69, 9.17) is 0 Å². The number of imidazole rings is 1. The SMILES string of the molecule is Cc1nc(-c2ccc3ccccc3c2)cn1S(=O)(=O)N(C)C. The third-order valence-electron chi connectivity index (χ3n) is 3.60. The Hall–Kier alpha value is -2.18. The number of fused-ring (bicyclic) bond motifs is 1. The minimum Gasteiger partial charge on any atom is -0.232 e. The first kappa shape index (κ1) is 14.7. The van der Waals surface area contributed by atoms with Gasteiger partial charge in [-0.1, -0.05) is 36.4 Å². The van der Waals surface area contributed by atoms with Crippen LogP contribution in [0.25, 0.3) is 22.0 Å². The highest BCUT2D eigenvalue weighted by Crippen LogP contribution is 2.24. The topological polar surface area (TPSA) is 55.2 Å². The number of hydrogen-bond acceptors (Lipinski definition) is 3. The first-order valence-corrected chi connectivity index (χ1v) is 8.27. The van der Waals surface area contributed by atoms with E-state index in [1.165, 1.54) is 22.4 Å². The van der Waals surface area contributed by atoms with Gasteiger partial charge in [-0.2, -0.15) is 12.7 Å². The van der Waals surface area contributed by atoms with Crippen LogP contribution in [0, 0.1) is 6.92 Å². The third-order valence-corrected chi connectivity index (χ3v) is 5.39. The maximum atomic E-state index is 12.3. The highest BCUT2D eigenvalue weighted by Gasteiger charge is 2.20. The van der Waals surface area contributed by atoms with Crippen molar-refractivity contribution in [3.63, 3.8) is 0 Å². The van der Waals surface area contributed by atoms with Crippen LogP contribution in [-0.2, 0) is 10.2 Å². The van der Waals surface area contributed by atoms with Gasteiger partial charge in [0.15, 0.2) is 0 Å². The zero-order valence-corrected chi connectivity index (χ0v) is 13.5. The molecule has 3 aromatic rings. The molecule has 6 heteroatoms. The number of aryl methyl sites for hydroxylation is 1. The van der Waals surface area contributed by atoms with Crippen LogP contribution in [0.5, 0.6) is 0 Å². The van der Waals surface area contributed by atoms with Gasteiger partial charge in [-0.25, -0.2) is 8.96 Å². The van der Waals surface area contributed by atoms with Crippen molar-refractivity contribution in [1.82, 2.24) is 13.3 Å². The molecule has 114 valence electrons. The van der Waals surface area contributed by atoms with Gasteiger partial charge in [0, 0.05) is 25.9 Å². The van der Waals surface area contributed by atoms with Gasteiger partial charge in [-0.05, 0) is 23.8 Å². The predicted molar refractivity (Wildman–Crippen MR) is 87.9 cm³/mol. The molecule has 0 spiro atoms. The van der Waals surface area contributed by atoms with Crippen LogP contribution < -0.4 is 0 Å². The highest BCUT2D eigenvalue weighted by atomic mass is 32.2. The number of benzene rings is 2. The molecule has 0 radical (unpaired) electrons. The maximum Gasteiger partial charge on any atom is 0.308 e. The molecule has 1 heterocycles. The molecule has 0 fully saturated rings. The summed E-state index contributed by atoms with van der Waals surface area (Å²) in [7, 11) is -0.541. The first-order valence-electron chi connectivity index (χ1n) is 6.88. The van der Waals surface area contributed by atoms with Gasteiger partial charge >= 0.3 is 10.2 Å². The van der Waals surface area contributed by atoms with Crippen LogP contribution in [0.1, 0.15) is 5.82 Å². The fourth-order valence-corrected chi connectivity index (χ4v) is 3.31. The van der Waals surface area contributed by atoms with Gasteiger partial charge in [-0.3, -0.25) is 0 Å². The number of aromatic nitrogens is 2. The first-order chi connectivity index (χ1) is 10.4. The van der Waals surface area contributed by atoms with E-state index in [2.05, 4.69) is 4.98 Å². The van der Waals surface area contributed by atoms with Crippen LogP contribution in [0.15, 0.2) is 48.7 Å². The lowest BCUT2D eigenvalue weighted by Gasteiger charge is -2.12. The molecule has 22 heavy (non-hydrogen) atoms. The Morgan fingerprint density at radius 3 is 2.41 bits per heavy atom. The highest BCUT2D eigenvalue weighted by molar-refractivity contribution is 7.87. The average Bonchev–Trinajstić information content (AvgIpc) is 2.89. The van der Waals surface area contributed by atoms with Crippen LogP contribution in [0.2, 0.25) is 0 Å². The van der Waals surface area contributed by atoms with E-state index in [-0.39, 0.29) is 0 Å². The van der Waals surface area contributed by atoms with Crippen LogP contribution in [0.3, 0.4) is 0 Å². The van der Waals surface area contributed by atoms with E-state index in [9.17, 15) is 8.42 Å². The molecule has 0 aliphatic carbocycles. The Morgan fingerprint density at radius 1 is 1.05 bits per heavy atom. The van der Waals surface area contributed by atoms with Crippen molar-refractivity contribution in [2.24, 2.45) is 0 Å². The lowest BCUT2D eigenvalue weighted by atomic mass is 10.1. The van der Waals surface area contributed by atoms with E-state index in [0.717, 1.165) is 16.3 Å². The Kier molecular flexibility index (Phi) is 3.50. The number of rotatable bonds is 3. The second-order valence-corrected chi connectivity index (χ2v) is 7.34. The molecule has 0 aliphatic heterocycles. The second kappa shape index (κ2) is 5.23. The molecule has 0 aliphatic rings. The van der Waals surface area contributed by atoms with E-state index in [1.54, 1.807) is 13.1 Å². The van der Waals surface area contributed by atoms with Crippen molar-refractivity contribution in [2.45, 2.75) is 6.92 Å². The Balaban J connectivity index is 2.12. The third kappa shape index (κ3) is 2.40. The van der Waals surface area contributed by atoms with Crippen LogP contribution in [0.4, 0.5) is 0 Å². The summed E-state index contributed by atoms with van der Waals surface area (Å²) in [6.45, 7) is 1.69. The summed E-state index contributed by atoms with van der Waals surface area (Å²) >= 11 is 0. The van der Waals surface area contributed by atoms with Crippen LogP contribution >= 0.6 is 0 Å². The van der Waals surface area contributed by atoms with Crippen molar-refractivity contribution in [3.8, 4) is 11.3 Å². The van der Waals surface area contributed by atoms with Gasteiger partial charge in [0.25, 0.3) is 0 Å². The van der Waals surface area contributed by atoms with Crippen molar-refractivity contribution in [1.29, 1.82) is 0 Å². The molecule has 0 atom stereocenters. The quantitative estimate of drug-likeness (QED) is 0.746. The van der Waals surface area contributed by atoms with Gasteiger partial charge in [0.1, 0.15) is 5.82 Å². The summed E-state index contributed by atoms with van der Waals surface area (Å²) < 4.78 is 26.9. The lowest BCUT2D eigenvalue weighted by Crippen LogP contribution is -2.29. The standard InChI is InChI=1S/C16H17N3O2S/c1-12-17-16(11-19(12)22(20,21)18(2)3)15-9-8-13-6-4-5-7-14(13)10-15/h4-11H,1-3H3. The smallest absolute Gasteiger partial charge is 0.232 e. The Labute approximate surface area is 130 Å². The number of nitrogens with zero attached hydrogens (tertiary/aromatic N) is 3. The molecule has 2 aromatic carbocycles. The summed E-state index contributed by atoms with van der Waals surface area (Å²) in [6, 6.07) is 14.0. The van der Waals surface area contributed by atoms with Gasteiger partial charge in [-0.15, -0.1) is 0 Å². The summed E-state index contributed by atoms with van der Waals surface area (Å²) in [5.74, 6) is 0.442. The fourth-order valence-electron chi connectivity index (χ4n) is 2.35. The summed E-state index contributed by atoms with van der Waals surface area (Å²) in [6.07, 6.45) is 1.56. The van der Waals surface area contributed by atoms with Gasteiger partial charge in [0.05, 0.1) is 5.69 Å². The molecule has 0 N–H and O–H groups in total. The molecule has 0 saturated heterocycles. The minimum absolute atomic E-state index is 0.442. The van der Waals surface area contributed by atoms with Crippen molar-refractivity contribution in [3.05, 3.63) is 54.5 Å². The summed E-state index contributed by atoms with van der Waals surface area (Å²) in [5.41, 5.74) is 1.54. The largest absolute Gasteiger partial charge is 0.308 e. The van der Waals surface area contributed by atoms with Gasteiger partial charge < -0.3 is 0 Å². The van der Waals surface area contributed by atoms with E-state index in [1.807, 2.05) is 42.5 Å². The minimum atomic E-state index is -3.55. The zero-order chi connectivity index (χ0) is 15.9. The number of hydrogen-bond donors (Lipinski definition) is 0. The van der Waals surface area contributed by atoms with Crippen LogP contribution in [-0.4, -0.2) is 35.8 Å². The maximum absolute atomic E-state index is 12.3. The van der Waals surface area contributed by atoms with Gasteiger partial charge in [0.2, 0.25) is 0 Å². The average molecular weight is 315 g/mol. The normalized spacial score (nSPS) is 12.2. The van der Waals surface area contributed by atoms with E-state index >= 15 is 0 Å². The van der Waals surface area contributed by atoms with E-state index in [0.29, 0.717) is 11.5 Å². The molecule has 0 saturated carbocycles. The molecule has 0 bridgehead atoms. The molecule has 3 rings (SSSR count). The zero-order valence-electron chi connectivity index (χ0n) is 12.7. The summed E-state index contributed by atoms with van der Waals surface area (Å²) in [4.78, 5) is 4.39.